The van der Waals surface area contributed by atoms with Crippen LogP contribution in [-0.2, 0) is 0 Å². The van der Waals surface area contributed by atoms with Crippen molar-refractivity contribution in [2.24, 2.45) is 0 Å². The third kappa shape index (κ3) is 4.73. The molecule has 0 saturated heterocycles. The first-order valence-corrected chi connectivity index (χ1v) is 4.17. The normalized spacial score (nSPS) is 13.7. The number of nitrogens with one attached hydrogen (secondary N) is 1. The van der Waals surface area contributed by atoms with E-state index in [1.807, 2.05) is 0 Å². The van der Waals surface area contributed by atoms with E-state index >= 15 is 0 Å². The van der Waals surface area contributed by atoms with Crippen LogP contribution in [0.1, 0.15) is 26.7 Å². The molecule has 1 atom stereocenters. The molecule has 0 radical (unpaired) electrons. The molecule has 0 aromatic heterocycles. The van der Waals surface area contributed by atoms with Gasteiger partial charge in [0.1, 0.15) is 0 Å². The Morgan fingerprint density at radius 1 is 1.44 bits per heavy atom. The lowest BCUT2D eigenvalue weighted by Gasteiger charge is -2.11. The van der Waals surface area contributed by atoms with Gasteiger partial charge in [-0.15, -0.1) is 11.6 Å². The highest BCUT2D eigenvalue weighted by atomic mass is 35.5. The van der Waals surface area contributed by atoms with Crippen molar-refractivity contribution in [2.75, 3.05) is 12.4 Å². The van der Waals surface area contributed by atoms with Gasteiger partial charge in [0.15, 0.2) is 0 Å². The van der Waals surface area contributed by atoms with Gasteiger partial charge in [0, 0.05) is 11.9 Å². The zero-order valence-electron chi connectivity index (χ0n) is 6.28. The molecule has 0 rings (SSSR count). The molecule has 0 heterocycles. The van der Waals surface area contributed by atoms with Gasteiger partial charge in [0.2, 0.25) is 0 Å². The standard InChI is InChI=1S/C7H16ClN/c1-3-5-9-7(4-2)6-8/h7,9H,3-6H2,1-2H3. The second-order valence-electron chi connectivity index (χ2n) is 2.21. The highest BCUT2D eigenvalue weighted by Gasteiger charge is 1.99. The maximum absolute atomic E-state index is 5.64. The first-order valence-electron chi connectivity index (χ1n) is 3.64. The molecule has 1 nitrogen and oxygen atoms in total. The van der Waals surface area contributed by atoms with Gasteiger partial charge < -0.3 is 5.32 Å². The largest absolute Gasteiger partial charge is 0.313 e. The fourth-order valence-corrected chi connectivity index (χ4v) is 0.984. The van der Waals surface area contributed by atoms with Crippen LogP contribution < -0.4 is 5.32 Å². The van der Waals surface area contributed by atoms with Crippen LogP contribution in [0, 0.1) is 0 Å². The van der Waals surface area contributed by atoms with Crippen LogP contribution in [0.25, 0.3) is 0 Å². The maximum atomic E-state index is 5.64. The minimum atomic E-state index is 0.520. The van der Waals surface area contributed by atoms with Crippen molar-refractivity contribution in [1.29, 1.82) is 0 Å². The molecule has 0 aliphatic carbocycles. The molecule has 0 spiro atoms. The van der Waals surface area contributed by atoms with Crippen LogP contribution in [0.2, 0.25) is 0 Å². The molecule has 0 aromatic carbocycles. The van der Waals surface area contributed by atoms with Gasteiger partial charge in [-0.3, -0.25) is 0 Å². The van der Waals surface area contributed by atoms with Crippen molar-refractivity contribution < 1.29 is 0 Å². The molecule has 0 bridgehead atoms. The summed E-state index contributed by atoms with van der Waals surface area (Å²) in [5.41, 5.74) is 0. The summed E-state index contributed by atoms with van der Waals surface area (Å²) in [6, 6.07) is 0.520. The molecule has 0 amide bonds. The summed E-state index contributed by atoms with van der Waals surface area (Å²) in [5.74, 6) is 0.733. The molecule has 9 heavy (non-hydrogen) atoms. The second kappa shape index (κ2) is 6.37. The van der Waals surface area contributed by atoms with E-state index in [1.54, 1.807) is 0 Å². The van der Waals surface area contributed by atoms with Gasteiger partial charge in [0.25, 0.3) is 0 Å². The Kier molecular flexibility index (Phi) is 6.55. The Labute approximate surface area is 62.8 Å². The molecule has 2 heteroatoms. The average molecular weight is 150 g/mol. The fraction of sp³-hybridized carbons (Fsp3) is 1.00. The molecule has 1 N–H and O–H groups in total. The SMILES string of the molecule is CCCNC(CC)CCl. The van der Waals surface area contributed by atoms with Crippen LogP contribution in [-0.4, -0.2) is 18.5 Å². The van der Waals surface area contributed by atoms with Crippen LogP contribution in [0.5, 0.6) is 0 Å². The Balaban J connectivity index is 3.09. The van der Waals surface area contributed by atoms with Crippen molar-refractivity contribution in [3.63, 3.8) is 0 Å². The number of alkyl halides is 1. The maximum Gasteiger partial charge on any atom is 0.0377 e. The molecule has 0 saturated carbocycles. The molecular formula is C7H16ClN. The zero-order chi connectivity index (χ0) is 7.11. The quantitative estimate of drug-likeness (QED) is 0.590. The van der Waals surface area contributed by atoms with Gasteiger partial charge in [0.05, 0.1) is 0 Å². The summed E-state index contributed by atoms with van der Waals surface area (Å²) in [4.78, 5) is 0. The molecule has 1 unspecified atom stereocenters. The number of halogens is 1. The summed E-state index contributed by atoms with van der Waals surface area (Å²) < 4.78 is 0. The van der Waals surface area contributed by atoms with Crippen LogP contribution in [0.3, 0.4) is 0 Å². The average Bonchev–Trinajstić information content (AvgIpc) is 1.91. The Hall–Kier alpha value is 0.250. The molecule has 56 valence electrons. The number of rotatable bonds is 5. The minimum Gasteiger partial charge on any atom is -0.313 e. The van der Waals surface area contributed by atoms with E-state index in [1.165, 1.54) is 6.42 Å². The van der Waals surface area contributed by atoms with Gasteiger partial charge in [-0.2, -0.15) is 0 Å². The summed E-state index contributed by atoms with van der Waals surface area (Å²) >= 11 is 5.64. The third-order valence-corrected chi connectivity index (χ3v) is 1.73. The predicted molar refractivity (Wildman–Crippen MR) is 43.1 cm³/mol. The van der Waals surface area contributed by atoms with E-state index in [-0.39, 0.29) is 0 Å². The molecule has 0 aromatic rings. The van der Waals surface area contributed by atoms with Crippen molar-refractivity contribution >= 4 is 11.6 Å². The highest BCUT2D eigenvalue weighted by Crippen LogP contribution is 1.92. The lowest BCUT2D eigenvalue weighted by atomic mass is 10.2. The molecule has 0 fully saturated rings. The second-order valence-corrected chi connectivity index (χ2v) is 2.52. The van der Waals surface area contributed by atoms with Gasteiger partial charge in [-0.05, 0) is 19.4 Å². The first kappa shape index (κ1) is 9.25. The fourth-order valence-electron chi connectivity index (χ4n) is 0.656. The van der Waals surface area contributed by atoms with Crippen LogP contribution >= 0.6 is 11.6 Å². The summed E-state index contributed by atoms with van der Waals surface area (Å²) in [6.45, 7) is 5.40. The lowest BCUT2D eigenvalue weighted by Crippen LogP contribution is -2.30. The summed E-state index contributed by atoms with van der Waals surface area (Å²) in [6.07, 6.45) is 2.32. The highest BCUT2D eigenvalue weighted by molar-refractivity contribution is 6.18. The summed E-state index contributed by atoms with van der Waals surface area (Å²) in [5, 5.41) is 3.34. The van der Waals surface area contributed by atoms with E-state index in [0.29, 0.717) is 6.04 Å². The van der Waals surface area contributed by atoms with Gasteiger partial charge in [-0.25, -0.2) is 0 Å². The minimum absolute atomic E-state index is 0.520. The van der Waals surface area contributed by atoms with Gasteiger partial charge >= 0.3 is 0 Å². The topological polar surface area (TPSA) is 12.0 Å². The smallest absolute Gasteiger partial charge is 0.0377 e. The number of hydrogen-bond acceptors (Lipinski definition) is 1. The Morgan fingerprint density at radius 3 is 2.44 bits per heavy atom. The number of hydrogen-bond donors (Lipinski definition) is 1. The first-order chi connectivity index (χ1) is 4.35. The predicted octanol–water partition coefficient (Wildman–Crippen LogP) is 2.00. The van der Waals surface area contributed by atoms with Crippen molar-refractivity contribution in [2.45, 2.75) is 32.7 Å². The van der Waals surface area contributed by atoms with Crippen LogP contribution in [0.4, 0.5) is 0 Å². The monoisotopic (exact) mass is 149 g/mol. The summed E-state index contributed by atoms with van der Waals surface area (Å²) in [7, 11) is 0. The van der Waals surface area contributed by atoms with E-state index in [4.69, 9.17) is 11.6 Å². The van der Waals surface area contributed by atoms with E-state index in [2.05, 4.69) is 19.2 Å². The molecule has 0 aliphatic rings. The van der Waals surface area contributed by atoms with Crippen molar-refractivity contribution in [3.8, 4) is 0 Å². The van der Waals surface area contributed by atoms with E-state index in [9.17, 15) is 0 Å². The Bertz CT molecular complexity index is 52.9. The third-order valence-electron chi connectivity index (χ3n) is 1.36. The van der Waals surface area contributed by atoms with E-state index in [0.717, 1.165) is 18.8 Å². The molecule has 0 aliphatic heterocycles. The van der Waals surface area contributed by atoms with E-state index < -0.39 is 0 Å². The molecular weight excluding hydrogens is 134 g/mol. The Morgan fingerprint density at radius 2 is 2.11 bits per heavy atom. The van der Waals surface area contributed by atoms with Gasteiger partial charge in [-0.1, -0.05) is 13.8 Å². The van der Waals surface area contributed by atoms with Crippen molar-refractivity contribution in [3.05, 3.63) is 0 Å². The zero-order valence-corrected chi connectivity index (χ0v) is 7.04. The van der Waals surface area contributed by atoms with Crippen molar-refractivity contribution in [1.82, 2.24) is 5.32 Å². The van der Waals surface area contributed by atoms with Crippen LogP contribution in [0.15, 0.2) is 0 Å². The lowest BCUT2D eigenvalue weighted by molar-refractivity contribution is 0.537.